The van der Waals surface area contributed by atoms with E-state index in [1.165, 1.54) is 6.20 Å². The van der Waals surface area contributed by atoms with Crippen LogP contribution in [0.25, 0.3) is 0 Å². The second-order valence-corrected chi connectivity index (χ2v) is 5.08. The summed E-state index contributed by atoms with van der Waals surface area (Å²) in [4.78, 5) is 25.8. The molecule has 5 heteroatoms. The summed E-state index contributed by atoms with van der Waals surface area (Å²) in [6.07, 6.45) is 2.24. The molecule has 5 nitrogen and oxygen atoms in total. The highest BCUT2D eigenvalue weighted by atomic mass is 16.6. The number of aldehydes is 1. The quantitative estimate of drug-likeness (QED) is 0.521. The lowest BCUT2D eigenvalue weighted by Crippen LogP contribution is -2.32. The molecule has 1 amide bonds. The summed E-state index contributed by atoms with van der Waals surface area (Å²) >= 11 is 0. The lowest BCUT2D eigenvalue weighted by Gasteiger charge is -2.19. The molecule has 0 atom stereocenters. The number of nitrogens with one attached hydrogen (secondary N) is 1. The van der Waals surface area contributed by atoms with Crippen molar-refractivity contribution in [2.24, 2.45) is 0 Å². The maximum absolute atomic E-state index is 11.3. The smallest absolute Gasteiger partial charge is 0.407 e. The van der Waals surface area contributed by atoms with Crippen molar-refractivity contribution in [1.29, 1.82) is 0 Å². The first-order valence-corrected chi connectivity index (χ1v) is 6.28. The highest BCUT2D eigenvalue weighted by molar-refractivity contribution is 5.74. The number of hydrogen-bond acceptors (Lipinski definition) is 4. The van der Waals surface area contributed by atoms with Gasteiger partial charge in [0.25, 0.3) is 0 Å². The standard InChI is InChI=1S/C15H18N2O3/c1-15(2,3)20-14(19)16-9-5-4-6-13-8-7-12(11-18)10-17-13/h7-8,10-11H,5,9H2,1-3H3,(H,16,19). The van der Waals surface area contributed by atoms with Crippen LogP contribution >= 0.6 is 0 Å². The Hall–Kier alpha value is -2.35. The molecule has 0 saturated heterocycles. The zero-order valence-electron chi connectivity index (χ0n) is 11.9. The van der Waals surface area contributed by atoms with Crippen molar-refractivity contribution in [3.05, 3.63) is 29.6 Å². The number of carbonyl (C=O) groups excluding carboxylic acids is 2. The van der Waals surface area contributed by atoms with Crippen molar-refractivity contribution < 1.29 is 14.3 Å². The van der Waals surface area contributed by atoms with Gasteiger partial charge in [0.2, 0.25) is 0 Å². The van der Waals surface area contributed by atoms with Gasteiger partial charge in [0, 0.05) is 24.7 Å². The van der Waals surface area contributed by atoms with Crippen LogP contribution in [0.3, 0.4) is 0 Å². The highest BCUT2D eigenvalue weighted by Crippen LogP contribution is 2.06. The van der Waals surface area contributed by atoms with Gasteiger partial charge in [-0.2, -0.15) is 0 Å². The zero-order valence-corrected chi connectivity index (χ0v) is 11.9. The summed E-state index contributed by atoms with van der Waals surface area (Å²) in [5, 5.41) is 2.61. The number of hydrogen-bond donors (Lipinski definition) is 1. The Labute approximate surface area is 118 Å². The molecule has 1 N–H and O–H groups in total. The van der Waals surface area contributed by atoms with Gasteiger partial charge in [-0.15, -0.1) is 0 Å². The molecule has 0 unspecified atom stereocenters. The number of ether oxygens (including phenoxy) is 1. The molecular weight excluding hydrogens is 256 g/mol. The topological polar surface area (TPSA) is 68.3 Å². The van der Waals surface area contributed by atoms with Gasteiger partial charge in [0.1, 0.15) is 11.3 Å². The molecular formula is C15H18N2O3. The number of amides is 1. The average Bonchev–Trinajstić information content (AvgIpc) is 2.37. The summed E-state index contributed by atoms with van der Waals surface area (Å²) in [6.45, 7) is 5.83. The molecule has 1 aromatic heterocycles. The van der Waals surface area contributed by atoms with Gasteiger partial charge in [-0.3, -0.25) is 4.79 Å². The first kappa shape index (κ1) is 15.7. The zero-order chi connectivity index (χ0) is 15.0. The fourth-order valence-electron chi connectivity index (χ4n) is 1.24. The predicted molar refractivity (Wildman–Crippen MR) is 75.4 cm³/mol. The molecule has 0 spiro atoms. The summed E-state index contributed by atoms with van der Waals surface area (Å²) in [5.74, 6) is 5.74. The fourth-order valence-corrected chi connectivity index (χ4v) is 1.24. The third-order valence-corrected chi connectivity index (χ3v) is 2.06. The fraction of sp³-hybridized carbons (Fsp3) is 0.400. The van der Waals surface area contributed by atoms with Crippen LogP contribution in [0, 0.1) is 11.8 Å². The van der Waals surface area contributed by atoms with Gasteiger partial charge in [-0.05, 0) is 38.8 Å². The summed E-state index contributed by atoms with van der Waals surface area (Å²) in [7, 11) is 0. The molecule has 1 aromatic rings. The lowest BCUT2D eigenvalue weighted by atomic mass is 10.2. The van der Waals surface area contributed by atoms with E-state index in [-0.39, 0.29) is 0 Å². The largest absolute Gasteiger partial charge is 0.444 e. The number of carbonyl (C=O) groups is 2. The summed E-state index contributed by atoms with van der Waals surface area (Å²) in [6, 6.07) is 3.33. The molecule has 1 rings (SSSR count). The Bertz CT molecular complexity index is 519. The molecule has 20 heavy (non-hydrogen) atoms. The number of nitrogens with zero attached hydrogens (tertiary/aromatic N) is 1. The Morgan fingerprint density at radius 1 is 1.45 bits per heavy atom. The van der Waals surface area contributed by atoms with E-state index in [0.717, 1.165) is 6.29 Å². The van der Waals surface area contributed by atoms with Gasteiger partial charge < -0.3 is 10.1 Å². The maximum atomic E-state index is 11.3. The molecule has 0 fully saturated rings. The predicted octanol–water partition coefficient (Wildman–Crippen LogP) is 2.16. The highest BCUT2D eigenvalue weighted by Gasteiger charge is 2.15. The summed E-state index contributed by atoms with van der Waals surface area (Å²) < 4.78 is 5.08. The first-order chi connectivity index (χ1) is 9.40. The van der Waals surface area contributed by atoms with E-state index in [2.05, 4.69) is 22.1 Å². The monoisotopic (exact) mass is 274 g/mol. The molecule has 0 aliphatic carbocycles. The van der Waals surface area contributed by atoms with Gasteiger partial charge in [-0.25, -0.2) is 9.78 Å². The van der Waals surface area contributed by atoms with E-state index in [0.29, 0.717) is 24.2 Å². The van der Waals surface area contributed by atoms with Crippen LogP contribution in [0.1, 0.15) is 43.2 Å². The molecule has 1 heterocycles. The minimum absolute atomic E-state index is 0.411. The van der Waals surface area contributed by atoms with E-state index in [1.54, 1.807) is 32.9 Å². The van der Waals surface area contributed by atoms with Gasteiger partial charge in [0.15, 0.2) is 6.29 Å². The number of pyridine rings is 1. The van der Waals surface area contributed by atoms with Crippen LogP contribution in [0.15, 0.2) is 18.3 Å². The van der Waals surface area contributed by atoms with Crippen molar-refractivity contribution in [3.63, 3.8) is 0 Å². The SMILES string of the molecule is CC(C)(C)OC(=O)NCCC#Cc1ccc(C=O)cn1. The van der Waals surface area contributed by atoms with Gasteiger partial charge >= 0.3 is 6.09 Å². The number of rotatable bonds is 3. The molecule has 0 radical (unpaired) electrons. The minimum Gasteiger partial charge on any atom is -0.444 e. The molecule has 0 aliphatic heterocycles. The first-order valence-electron chi connectivity index (χ1n) is 6.28. The van der Waals surface area contributed by atoms with Crippen LogP contribution in [-0.4, -0.2) is 29.5 Å². The van der Waals surface area contributed by atoms with Crippen LogP contribution in [0.5, 0.6) is 0 Å². The average molecular weight is 274 g/mol. The van der Waals surface area contributed by atoms with E-state index in [4.69, 9.17) is 4.74 Å². The number of alkyl carbamates (subject to hydrolysis) is 1. The second kappa shape index (κ2) is 7.29. The van der Waals surface area contributed by atoms with E-state index in [9.17, 15) is 9.59 Å². The van der Waals surface area contributed by atoms with Crippen LogP contribution in [0.4, 0.5) is 4.79 Å². The molecule has 0 bridgehead atoms. The lowest BCUT2D eigenvalue weighted by molar-refractivity contribution is 0.0529. The number of aromatic nitrogens is 1. The molecule has 0 aromatic carbocycles. The Morgan fingerprint density at radius 2 is 2.20 bits per heavy atom. The minimum atomic E-state index is -0.500. The van der Waals surface area contributed by atoms with Crippen molar-refractivity contribution in [2.75, 3.05) is 6.54 Å². The van der Waals surface area contributed by atoms with Crippen molar-refractivity contribution in [1.82, 2.24) is 10.3 Å². The molecule has 0 saturated carbocycles. The maximum Gasteiger partial charge on any atom is 0.407 e. The van der Waals surface area contributed by atoms with Gasteiger partial charge in [-0.1, -0.05) is 5.92 Å². The van der Waals surface area contributed by atoms with Gasteiger partial charge in [0.05, 0.1) is 0 Å². The van der Waals surface area contributed by atoms with Crippen molar-refractivity contribution in [3.8, 4) is 11.8 Å². The van der Waals surface area contributed by atoms with E-state index >= 15 is 0 Å². The van der Waals surface area contributed by atoms with Crippen molar-refractivity contribution in [2.45, 2.75) is 32.8 Å². The Kier molecular flexibility index (Phi) is 5.73. The molecule has 106 valence electrons. The Balaban J connectivity index is 2.32. The summed E-state index contributed by atoms with van der Waals surface area (Å²) in [5.41, 5.74) is 0.607. The normalized spacial score (nSPS) is 10.2. The van der Waals surface area contributed by atoms with E-state index < -0.39 is 11.7 Å². The second-order valence-electron chi connectivity index (χ2n) is 5.08. The van der Waals surface area contributed by atoms with Crippen LogP contribution in [0.2, 0.25) is 0 Å². The van der Waals surface area contributed by atoms with E-state index in [1.807, 2.05) is 0 Å². The Morgan fingerprint density at radius 3 is 2.75 bits per heavy atom. The third-order valence-electron chi connectivity index (χ3n) is 2.06. The van der Waals surface area contributed by atoms with Crippen LogP contribution < -0.4 is 5.32 Å². The molecule has 0 aliphatic rings. The van der Waals surface area contributed by atoms with Crippen LogP contribution in [-0.2, 0) is 4.74 Å². The third kappa shape index (κ3) is 6.55. The van der Waals surface area contributed by atoms with Crippen molar-refractivity contribution >= 4 is 12.4 Å².